The maximum Gasteiger partial charge on any atom is 0.237 e. The third-order valence-electron chi connectivity index (χ3n) is 4.30. The van der Waals surface area contributed by atoms with Gasteiger partial charge in [0.1, 0.15) is 17.7 Å². The smallest absolute Gasteiger partial charge is 0.237 e. The molecule has 2 atom stereocenters. The Hall–Kier alpha value is -3.06. The number of carbonyl (C=O) groups is 1. The van der Waals surface area contributed by atoms with Crippen LogP contribution in [0.5, 0.6) is 5.75 Å². The van der Waals surface area contributed by atoms with E-state index in [0.717, 1.165) is 5.56 Å². The summed E-state index contributed by atoms with van der Waals surface area (Å²) in [4.78, 5) is 12.3. The molecule has 136 valence electrons. The fourth-order valence-electron chi connectivity index (χ4n) is 2.87. The van der Waals surface area contributed by atoms with Crippen LogP contribution in [0.15, 0.2) is 48.5 Å². The van der Waals surface area contributed by atoms with Gasteiger partial charge in [-0.15, -0.1) is 0 Å². The summed E-state index contributed by atoms with van der Waals surface area (Å²) >= 11 is 0. The van der Waals surface area contributed by atoms with Gasteiger partial charge in [-0.2, -0.15) is 0 Å². The van der Waals surface area contributed by atoms with E-state index in [2.05, 4.69) is 10.6 Å². The number of nitrogens with two attached hydrogens (primary N) is 2. The highest BCUT2D eigenvalue weighted by atomic mass is 16.5. The number of amides is 1. The van der Waals surface area contributed by atoms with Crippen LogP contribution in [0.1, 0.15) is 17.5 Å². The van der Waals surface area contributed by atoms with Crippen molar-refractivity contribution in [2.24, 2.45) is 5.73 Å². The van der Waals surface area contributed by atoms with Crippen LogP contribution >= 0.6 is 0 Å². The summed E-state index contributed by atoms with van der Waals surface area (Å²) in [5.41, 5.74) is 13.5. The zero-order valence-corrected chi connectivity index (χ0v) is 14.4. The lowest BCUT2D eigenvalue weighted by molar-refractivity contribution is -0.123. The van der Waals surface area contributed by atoms with Gasteiger partial charge in [0.25, 0.3) is 0 Å². The van der Waals surface area contributed by atoms with E-state index in [-0.39, 0.29) is 23.9 Å². The second kappa shape index (κ2) is 7.88. The summed E-state index contributed by atoms with van der Waals surface area (Å²) in [6.07, 6.45) is 0.474. The highest BCUT2D eigenvalue weighted by Gasteiger charge is 2.30. The molecule has 1 amide bonds. The van der Waals surface area contributed by atoms with Gasteiger partial charge in [0, 0.05) is 30.8 Å². The zero-order chi connectivity index (χ0) is 18.5. The molecule has 2 aromatic rings. The van der Waals surface area contributed by atoms with Crippen LogP contribution in [-0.4, -0.2) is 30.4 Å². The Bertz CT molecular complexity index is 791. The monoisotopic (exact) mass is 353 g/mol. The largest absolute Gasteiger partial charge is 0.489 e. The molecule has 0 saturated carbocycles. The Kier molecular flexibility index (Phi) is 5.38. The van der Waals surface area contributed by atoms with Crippen molar-refractivity contribution < 1.29 is 9.53 Å². The number of hydrogen-bond acceptors (Lipinski definition) is 5. The van der Waals surface area contributed by atoms with E-state index < -0.39 is 0 Å². The number of nitrogens with one attached hydrogen (secondary N) is 3. The molecule has 0 aromatic heterocycles. The number of amidine groups is 1. The molecule has 26 heavy (non-hydrogen) atoms. The number of ether oxygens (including phenoxy) is 1. The highest BCUT2D eigenvalue weighted by molar-refractivity contribution is 5.95. The molecule has 1 fully saturated rings. The molecule has 1 saturated heterocycles. The van der Waals surface area contributed by atoms with Crippen molar-refractivity contribution in [3.8, 4) is 5.75 Å². The fourth-order valence-corrected chi connectivity index (χ4v) is 2.87. The molecule has 1 aliphatic rings. The number of anilines is 1. The molecule has 7 heteroatoms. The first-order valence-corrected chi connectivity index (χ1v) is 8.48. The Labute approximate surface area is 152 Å². The third-order valence-corrected chi connectivity index (χ3v) is 4.30. The zero-order valence-electron chi connectivity index (χ0n) is 14.4. The quantitative estimate of drug-likeness (QED) is 0.301. The van der Waals surface area contributed by atoms with E-state index in [9.17, 15) is 4.79 Å². The van der Waals surface area contributed by atoms with Crippen molar-refractivity contribution in [2.75, 3.05) is 12.3 Å². The molecular weight excluding hydrogens is 330 g/mol. The van der Waals surface area contributed by atoms with Gasteiger partial charge < -0.3 is 26.8 Å². The van der Waals surface area contributed by atoms with Gasteiger partial charge in [0.05, 0.1) is 6.04 Å². The van der Waals surface area contributed by atoms with E-state index in [1.54, 1.807) is 18.2 Å². The van der Waals surface area contributed by atoms with Gasteiger partial charge in [-0.25, -0.2) is 0 Å². The average Bonchev–Trinajstić information content (AvgIpc) is 3.10. The van der Waals surface area contributed by atoms with Crippen molar-refractivity contribution in [3.05, 3.63) is 59.7 Å². The second-order valence-corrected chi connectivity index (χ2v) is 6.34. The average molecular weight is 353 g/mol. The number of benzene rings is 2. The second-order valence-electron chi connectivity index (χ2n) is 6.34. The SMILES string of the molecule is N=C(N)c1cccc(OC2CNC(C(=O)NCc3ccc(N)cc3)C2)c1. The summed E-state index contributed by atoms with van der Waals surface area (Å²) in [5, 5.41) is 13.6. The molecule has 1 heterocycles. The normalized spacial score (nSPS) is 19.1. The molecule has 7 nitrogen and oxygen atoms in total. The van der Waals surface area contributed by atoms with Crippen molar-refractivity contribution in [2.45, 2.75) is 25.1 Å². The van der Waals surface area contributed by atoms with Gasteiger partial charge in [-0.05, 0) is 29.8 Å². The summed E-state index contributed by atoms with van der Waals surface area (Å²) in [7, 11) is 0. The topological polar surface area (TPSA) is 126 Å². The Balaban J connectivity index is 1.50. The Morgan fingerprint density at radius 1 is 1.27 bits per heavy atom. The van der Waals surface area contributed by atoms with Gasteiger partial charge >= 0.3 is 0 Å². The minimum atomic E-state index is -0.287. The van der Waals surface area contributed by atoms with Crippen molar-refractivity contribution in [1.82, 2.24) is 10.6 Å². The number of carbonyl (C=O) groups excluding carboxylic acids is 1. The first-order chi connectivity index (χ1) is 12.5. The summed E-state index contributed by atoms with van der Waals surface area (Å²) in [5.74, 6) is 0.595. The van der Waals surface area contributed by atoms with E-state index >= 15 is 0 Å². The predicted molar refractivity (Wildman–Crippen MR) is 101 cm³/mol. The van der Waals surface area contributed by atoms with Gasteiger partial charge in [-0.1, -0.05) is 24.3 Å². The number of hydrogen-bond donors (Lipinski definition) is 5. The minimum absolute atomic E-state index is 0.0000746. The molecule has 2 aromatic carbocycles. The van der Waals surface area contributed by atoms with Crippen LogP contribution in [0.3, 0.4) is 0 Å². The lowest BCUT2D eigenvalue weighted by Crippen LogP contribution is -2.39. The minimum Gasteiger partial charge on any atom is -0.489 e. The van der Waals surface area contributed by atoms with E-state index in [1.807, 2.05) is 30.3 Å². The maximum atomic E-state index is 12.3. The van der Waals surface area contributed by atoms with Crippen molar-refractivity contribution in [1.29, 1.82) is 5.41 Å². The highest BCUT2D eigenvalue weighted by Crippen LogP contribution is 2.19. The Morgan fingerprint density at radius 3 is 2.77 bits per heavy atom. The molecule has 0 radical (unpaired) electrons. The van der Waals surface area contributed by atoms with Crippen LogP contribution in [-0.2, 0) is 11.3 Å². The maximum absolute atomic E-state index is 12.3. The van der Waals surface area contributed by atoms with Gasteiger partial charge in [0.2, 0.25) is 5.91 Å². The van der Waals surface area contributed by atoms with E-state index in [0.29, 0.717) is 36.5 Å². The number of rotatable bonds is 6. The summed E-state index contributed by atoms with van der Waals surface area (Å²) in [6.45, 7) is 1.05. The molecule has 2 unspecified atom stereocenters. The molecule has 0 spiro atoms. The summed E-state index contributed by atoms with van der Waals surface area (Å²) < 4.78 is 5.91. The van der Waals surface area contributed by atoms with Crippen LogP contribution in [0.25, 0.3) is 0 Å². The standard InChI is InChI=1S/C19H23N5O2/c20-14-6-4-12(5-7-14)10-24-19(25)17-9-16(11-23-17)26-15-3-1-2-13(8-15)18(21)22/h1-8,16-17,23H,9-11,20H2,(H3,21,22)(H,24,25). The summed E-state index contributed by atoms with van der Waals surface area (Å²) in [6, 6.07) is 14.2. The third kappa shape index (κ3) is 4.52. The predicted octanol–water partition coefficient (Wildman–Crippen LogP) is 0.979. The van der Waals surface area contributed by atoms with Crippen LogP contribution in [0.4, 0.5) is 5.69 Å². The fraction of sp³-hybridized carbons (Fsp3) is 0.263. The molecule has 0 bridgehead atoms. The van der Waals surface area contributed by atoms with Gasteiger partial charge in [0.15, 0.2) is 0 Å². The van der Waals surface area contributed by atoms with E-state index in [4.69, 9.17) is 21.6 Å². The molecule has 1 aliphatic heterocycles. The molecular formula is C19H23N5O2. The molecule has 3 rings (SSSR count). The van der Waals surface area contributed by atoms with Crippen molar-refractivity contribution in [3.63, 3.8) is 0 Å². The van der Waals surface area contributed by atoms with E-state index in [1.165, 1.54) is 0 Å². The first kappa shape index (κ1) is 17.8. The number of nitrogen functional groups attached to an aromatic ring is 2. The first-order valence-electron chi connectivity index (χ1n) is 8.48. The molecule has 0 aliphatic carbocycles. The van der Waals surface area contributed by atoms with Crippen LogP contribution in [0.2, 0.25) is 0 Å². The lowest BCUT2D eigenvalue weighted by Gasteiger charge is -2.14. The van der Waals surface area contributed by atoms with Crippen LogP contribution < -0.4 is 26.8 Å². The van der Waals surface area contributed by atoms with Crippen molar-refractivity contribution >= 4 is 17.4 Å². The van der Waals surface area contributed by atoms with Crippen LogP contribution in [0, 0.1) is 5.41 Å². The molecule has 7 N–H and O–H groups in total. The lowest BCUT2D eigenvalue weighted by atomic mass is 10.1. The Morgan fingerprint density at radius 2 is 2.04 bits per heavy atom. The van der Waals surface area contributed by atoms with Gasteiger partial charge in [-0.3, -0.25) is 10.2 Å².